The Bertz CT molecular complexity index is 301. The van der Waals surface area contributed by atoms with E-state index in [1.54, 1.807) is 0 Å². The summed E-state index contributed by atoms with van der Waals surface area (Å²) in [4.78, 5) is 0. The van der Waals surface area contributed by atoms with Gasteiger partial charge in [-0.1, -0.05) is 33.6 Å². The van der Waals surface area contributed by atoms with E-state index in [2.05, 4.69) is 26.1 Å². The van der Waals surface area contributed by atoms with Gasteiger partial charge in [-0.05, 0) is 68.1 Å². The van der Waals surface area contributed by atoms with Crippen LogP contribution in [0.4, 0.5) is 0 Å². The van der Waals surface area contributed by atoms with Crippen LogP contribution in [0.2, 0.25) is 0 Å². The second kappa shape index (κ2) is 5.39. The first-order valence-electron chi connectivity index (χ1n) is 8.84. The summed E-state index contributed by atoms with van der Waals surface area (Å²) in [6, 6.07) is 1.73. The molecule has 3 fully saturated rings. The highest BCUT2D eigenvalue weighted by atomic mass is 15.0. The van der Waals surface area contributed by atoms with Crippen LogP contribution in [0, 0.1) is 23.2 Å². The summed E-state index contributed by atoms with van der Waals surface area (Å²) < 4.78 is 0. The van der Waals surface area contributed by atoms with Gasteiger partial charge in [-0.25, -0.2) is 0 Å². The van der Waals surface area contributed by atoms with Crippen LogP contribution in [0.3, 0.4) is 0 Å². The number of fused-ring (bicyclic) bond motifs is 2. The van der Waals surface area contributed by atoms with Crippen molar-refractivity contribution in [1.29, 1.82) is 0 Å². The van der Waals surface area contributed by atoms with Gasteiger partial charge in [-0.3, -0.25) is 0 Å². The molecule has 0 saturated heterocycles. The summed E-state index contributed by atoms with van der Waals surface area (Å²) in [5, 5.41) is 4.04. The van der Waals surface area contributed by atoms with Crippen molar-refractivity contribution in [3.63, 3.8) is 0 Å². The van der Waals surface area contributed by atoms with Crippen LogP contribution in [-0.4, -0.2) is 12.1 Å². The average molecular weight is 263 g/mol. The highest BCUT2D eigenvalue weighted by Gasteiger charge is 2.40. The maximum atomic E-state index is 4.04. The first kappa shape index (κ1) is 13.9. The fourth-order valence-corrected chi connectivity index (χ4v) is 5.08. The van der Waals surface area contributed by atoms with Gasteiger partial charge in [0.15, 0.2) is 0 Å². The highest BCUT2D eigenvalue weighted by Crippen LogP contribution is 2.45. The topological polar surface area (TPSA) is 12.0 Å². The summed E-state index contributed by atoms with van der Waals surface area (Å²) in [5.41, 5.74) is 0.567. The molecule has 3 aliphatic rings. The van der Waals surface area contributed by atoms with E-state index < -0.39 is 0 Å². The molecule has 110 valence electrons. The summed E-state index contributed by atoms with van der Waals surface area (Å²) in [6.45, 7) is 7.31. The Kier molecular flexibility index (Phi) is 3.95. The molecule has 0 aliphatic heterocycles. The lowest BCUT2D eigenvalue weighted by Crippen LogP contribution is -2.44. The minimum absolute atomic E-state index is 0.567. The van der Waals surface area contributed by atoms with E-state index in [1.807, 2.05) is 0 Å². The van der Waals surface area contributed by atoms with E-state index in [1.165, 1.54) is 57.8 Å². The highest BCUT2D eigenvalue weighted by molar-refractivity contribution is 4.96. The Balaban J connectivity index is 1.46. The van der Waals surface area contributed by atoms with Gasteiger partial charge in [0.2, 0.25) is 0 Å². The molecule has 0 spiro atoms. The SMILES string of the molecule is CCC(C)(C)C1CCC(NC2CC3CCC2C3)CC1. The molecule has 0 aromatic carbocycles. The second-order valence-electron chi connectivity index (χ2n) is 8.34. The smallest absolute Gasteiger partial charge is 0.0101 e. The Hall–Kier alpha value is -0.0400. The molecular weight excluding hydrogens is 230 g/mol. The number of hydrogen-bond acceptors (Lipinski definition) is 1. The lowest BCUT2D eigenvalue weighted by molar-refractivity contribution is 0.130. The normalized spacial score (nSPS) is 42.8. The Morgan fingerprint density at radius 3 is 2.21 bits per heavy atom. The number of rotatable bonds is 4. The zero-order valence-electron chi connectivity index (χ0n) is 13.3. The zero-order valence-corrected chi connectivity index (χ0v) is 13.3. The monoisotopic (exact) mass is 263 g/mol. The lowest BCUT2D eigenvalue weighted by Gasteiger charge is -2.40. The number of hydrogen-bond donors (Lipinski definition) is 1. The minimum atomic E-state index is 0.567. The maximum Gasteiger partial charge on any atom is 0.0101 e. The standard InChI is InChI=1S/C18H33N/c1-4-18(2,3)15-7-9-16(10-8-15)19-17-12-13-5-6-14(17)11-13/h13-17,19H,4-12H2,1-3H3. The third kappa shape index (κ3) is 2.86. The van der Waals surface area contributed by atoms with Crippen molar-refractivity contribution in [2.75, 3.05) is 0 Å². The quantitative estimate of drug-likeness (QED) is 0.771. The molecule has 0 amide bonds. The third-order valence-electron chi connectivity index (χ3n) is 6.93. The van der Waals surface area contributed by atoms with Crippen molar-refractivity contribution in [2.45, 2.75) is 90.6 Å². The van der Waals surface area contributed by atoms with Crippen molar-refractivity contribution < 1.29 is 0 Å². The molecule has 0 aromatic rings. The molecule has 2 bridgehead atoms. The first-order valence-corrected chi connectivity index (χ1v) is 8.84. The molecule has 3 aliphatic carbocycles. The predicted octanol–water partition coefficient (Wildman–Crippen LogP) is 4.76. The molecule has 0 heterocycles. The van der Waals surface area contributed by atoms with Gasteiger partial charge in [-0.15, -0.1) is 0 Å². The molecule has 3 unspecified atom stereocenters. The minimum Gasteiger partial charge on any atom is -0.311 e. The van der Waals surface area contributed by atoms with E-state index in [-0.39, 0.29) is 0 Å². The molecule has 0 radical (unpaired) electrons. The van der Waals surface area contributed by atoms with Crippen LogP contribution in [0.1, 0.15) is 78.6 Å². The molecule has 3 rings (SSSR count). The first-order chi connectivity index (χ1) is 9.08. The van der Waals surface area contributed by atoms with E-state index in [0.717, 1.165) is 29.8 Å². The molecule has 1 nitrogen and oxygen atoms in total. The van der Waals surface area contributed by atoms with Gasteiger partial charge in [-0.2, -0.15) is 0 Å². The van der Waals surface area contributed by atoms with Crippen LogP contribution in [0.5, 0.6) is 0 Å². The van der Waals surface area contributed by atoms with Crippen molar-refractivity contribution in [3.8, 4) is 0 Å². The van der Waals surface area contributed by atoms with Crippen LogP contribution in [0.15, 0.2) is 0 Å². The Morgan fingerprint density at radius 1 is 0.947 bits per heavy atom. The second-order valence-corrected chi connectivity index (χ2v) is 8.34. The van der Waals surface area contributed by atoms with E-state index in [0.29, 0.717) is 5.41 Å². The molecule has 19 heavy (non-hydrogen) atoms. The average Bonchev–Trinajstić information content (AvgIpc) is 3.02. The van der Waals surface area contributed by atoms with E-state index >= 15 is 0 Å². The lowest BCUT2D eigenvalue weighted by atomic mass is 9.69. The fraction of sp³-hybridized carbons (Fsp3) is 1.00. The maximum absolute atomic E-state index is 4.04. The molecular formula is C18H33N. The van der Waals surface area contributed by atoms with Crippen LogP contribution in [-0.2, 0) is 0 Å². The third-order valence-corrected chi connectivity index (χ3v) is 6.93. The summed E-state index contributed by atoms with van der Waals surface area (Å²) in [7, 11) is 0. The zero-order chi connectivity index (χ0) is 13.5. The molecule has 3 saturated carbocycles. The fourth-order valence-electron chi connectivity index (χ4n) is 5.08. The van der Waals surface area contributed by atoms with Crippen molar-refractivity contribution >= 4 is 0 Å². The van der Waals surface area contributed by atoms with Crippen LogP contribution >= 0.6 is 0 Å². The Morgan fingerprint density at radius 2 is 1.68 bits per heavy atom. The summed E-state index contributed by atoms with van der Waals surface area (Å²) >= 11 is 0. The van der Waals surface area contributed by atoms with Gasteiger partial charge in [0.1, 0.15) is 0 Å². The molecule has 1 N–H and O–H groups in total. The van der Waals surface area contributed by atoms with Crippen molar-refractivity contribution in [2.24, 2.45) is 23.2 Å². The summed E-state index contributed by atoms with van der Waals surface area (Å²) in [5.74, 6) is 3.09. The van der Waals surface area contributed by atoms with Gasteiger partial charge < -0.3 is 5.32 Å². The number of nitrogens with one attached hydrogen (secondary N) is 1. The van der Waals surface area contributed by atoms with E-state index in [4.69, 9.17) is 0 Å². The van der Waals surface area contributed by atoms with Gasteiger partial charge in [0.05, 0.1) is 0 Å². The van der Waals surface area contributed by atoms with Gasteiger partial charge in [0.25, 0.3) is 0 Å². The van der Waals surface area contributed by atoms with Crippen LogP contribution < -0.4 is 5.32 Å². The van der Waals surface area contributed by atoms with E-state index in [9.17, 15) is 0 Å². The predicted molar refractivity (Wildman–Crippen MR) is 82.2 cm³/mol. The molecule has 1 heteroatoms. The van der Waals surface area contributed by atoms with Gasteiger partial charge in [0, 0.05) is 12.1 Å². The van der Waals surface area contributed by atoms with Gasteiger partial charge >= 0.3 is 0 Å². The molecule has 3 atom stereocenters. The van der Waals surface area contributed by atoms with Crippen LogP contribution in [0.25, 0.3) is 0 Å². The van der Waals surface area contributed by atoms with Crippen molar-refractivity contribution in [3.05, 3.63) is 0 Å². The molecule has 0 aromatic heterocycles. The largest absolute Gasteiger partial charge is 0.311 e. The van der Waals surface area contributed by atoms with Crippen molar-refractivity contribution in [1.82, 2.24) is 5.32 Å². The summed E-state index contributed by atoms with van der Waals surface area (Å²) in [6.07, 6.45) is 13.2. The Labute approximate surface area is 119 Å².